The molecule has 0 radical (unpaired) electrons. The Morgan fingerprint density at radius 3 is 2.58 bits per heavy atom. The molecular weight excluding hydrogens is 236 g/mol. The predicted molar refractivity (Wildman–Crippen MR) is 80.4 cm³/mol. The molecular formula is C15H24N4. The molecule has 0 saturated carbocycles. The summed E-state index contributed by atoms with van der Waals surface area (Å²) in [5, 5.41) is 6.69. The van der Waals surface area contributed by atoms with Crippen LogP contribution in [-0.2, 0) is 0 Å². The lowest BCUT2D eigenvalue weighted by Crippen LogP contribution is -2.41. The first-order valence-corrected chi connectivity index (χ1v) is 7.16. The van der Waals surface area contributed by atoms with Crippen molar-refractivity contribution in [2.75, 3.05) is 32.7 Å². The molecule has 0 aromatic heterocycles. The van der Waals surface area contributed by atoms with Gasteiger partial charge in [-0.1, -0.05) is 44.2 Å². The number of benzene rings is 1. The molecule has 2 N–H and O–H groups in total. The quantitative estimate of drug-likeness (QED) is 0.816. The van der Waals surface area contributed by atoms with Crippen molar-refractivity contribution >= 4 is 5.96 Å². The van der Waals surface area contributed by atoms with Gasteiger partial charge in [-0.2, -0.15) is 0 Å². The van der Waals surface area contributed by atoms with Gasteiger partial charge in [-0.05, 0) is 18.7 Å². The second-order valence-electron chi connectivity index (χ2n) is 4.69. The maximum absolute atomic E-state index is 4.39. The lowest BCUT2D eigenvalue weighted by molar-refractivity contribution is 0.219. The molecule has 1 aliphatic heterocycles. The first-order valence-electron chi connectivity index (χ1n) is 7.16. The van der Waals surface area contributed by atoms with Crippen LogP contribution < -0.4 is 10.6 Å². The molecule has 4 heteroatoms. The van der Waals surface area contributed by atoms with Crippen molar-refractivity contribution in [2.24, 2.45) is 4.99 Å². The highest BCUT2D eigenvalue weighted by atomic mass is 15.2. The number of guanidine groups is 1. The molecule has 0 fully saturated rings. The summed E-state index contributed by atoms with van der Waals surface area (Å²) in [6.07, 6.45) is 0. The molecule has 1 atom stereocenters. The fourth-order valence-electron chi connectivity index (χ4n) is 2.51. The standard InChI is InChI=1S/C15H24N4/c1-3-19(4-2)14(13-8-6-5-7-9-13)12-18-15-16-10-11-17-15/h5-9,14H,3-4,10-12H2,1-2H3,(H2,16,17,18). The molecule has 1 aliphatic rings. The first-order chi connectivity index (χ1) is 9.35. The monoisotopic (exact) mass is 260 g/mol. The number of rotatable bonds is 6. The summed E-state index contributed by atoms with van der Waals surface area (Å²) in [5.41, 5.74) is 1.36. The SMILES string of the molecule is CCN(CC)C(CNC1=NCCN1)c1ccccc1. The summed E-state index contributed by atoms with van der Waals surface area (Å²) in [4.78, 5) is 6.86. The number of hydrogen-bond donors (Lipinski definition) is 2. The second kappa shape index (κ2) is 7.14. The van der Waals surface area contributed by atoms with Crippen molar-refractivity contribution < 1.29 is 0 Å². The van der Waals surface area contributed by atoms with Crippen LogP contribution in [0, 0.1) is 0 Å². The van der Waals surface area contributed by atoms with E-state index in [1.54, 1.807) is 0 Å². The number of hydrogen-bond acceptors (Lipinski definition) is 4. The summed E-state index contributed by atoms with van der Waals surface area (Å²) in [7, 11) is 0. The summed E-state index contributed by atoms with van der Waals surface area (Å²) >= 11 is 0. The average Bonchev–Trinajstić information content (AvgIpc) is 2.97. The lowest BCUT2D eigenvalue weighted by atomic mass is 10.1. The van der Waals surface area contributed by atoms with Crippen molar-refractivity contribution in [1.29, 1.82) is 0 Å². The zero-order valence-corrected chi connectivity index (χ0v) is 11.9. The Morgan fingerprint density at radius 1 is 1.26 bits per heavy atom. The smallest absolute Gasteiger partial charge is 0.191 e. The molecule has 104 valence electrons. The third-order valence-electron chi connectivity index (χ3n) is 3.57. The Bertz CT molecular complexity index is 398. The van der Waals surface area contributed by atoms with E-state index in [1.165, 1.54) is 5.56 Å². The highest BCUT2D eigenvalue weighted by Gasteiger charge is 2.18. The molecule has 0 amide bonds. The highest BCUT2D eigenvalue weighted by molar-refractivity contribution is 5.81. The maximum atomic E-state index is 4.39. The summed E-state index contributed by atoms with van der Waals surface area (Å²) in [5.74, 6) is 0.938. The van der Waals surface area contributed by atoms with E-state index in [2.05, 4.69) is 64.7 Å². The van der Waals surface area contributed by atoms with Gasteiger partial charge in [0.1, 0.15) is 0 Å². The molecule has 1 aromatic carbocycles. The predicted octanol–water partition coefficient (Wildman–Crippen LogP) is 1.62. The Kier molecular flexibility index (Phi) is 5.21. The van der Waals surface area contributed by atoms with Gasteiger partial charge in [0.15, 0.2) is 5.96 Å². The van der Waals surface area contributed by atoms with E-state index in [4.69, 9.17) is 0 Å². The highest BCUT2D eigenvalue weighted by Crippen LogP contribution is 2.19. The summed E-state index contributed by atoms with van der Waals surface area (Å²) < 4.78 is 0. The number of aliphatic imine (C=N–C) groups is 1. The summed E-state index contributed by atoms with van der Waals surface area (Å²) in [6, 6.07) is 11.1. The number of likely N-dealkylation sites (N-methyl/N-ethyl adjacent to an activating group) is 1. The van der Waals surface area contributed by atoms with Gasteiger partial charge >= 0.3 is 0 Å². The molecule has 0 aliphatic carbocycles. The summed E-state index contributed by atoms with van der Waals surface area (Å²) in [6.45, 7) is 9.25. The Hall–Kier alpha value is -1.55. The van der Waals surface area contributed by atoms with Crippen LogP contribution in [0.15, 0.2) is 35.3 Å². The minimum atomic E-state index is 0.390. The van der Waals surface area contributed by atoms with Gasteiger partial charge in [-0.15, -0.1) is 0 Å². The molecule has 1 unspecified atom stereocenters. The van der Waals surface area contributed by atoms with Crippen LogP contribution in [0.2, 0.25) is 0 Å². The average molecular weight is 260 g/mol. The van der Waals surface area contributed by atoms with Gasteiger partial charge in [0, 0.05) is 13.1 Å². The van der Waals surface area contributed by atoms with E-state index in [9.17, 15) is 0 Å². The largest absolute Gasteiger partial charge is 0.355 e. The molecule has 1 aromatic rings. The van der Waals surface area contributed by atoms with Crippen molar-refractivity contribution in [3.05, 3.63) is 35.9 Å². The number of nitrogens with one attached hydrogen (secondary N) is 2. The van der Waals surface area contributed by atoms with Crippen molar-refractivity contribution in [3.63, 3.8) is 0 Å². The molecule has 2 rings (SSSR count). The van der Waals surface area contributed by atoms with Gasteiger partial charge in [0.25, 0.3) is 0 Å². The third kappa shape index (κ3) is 3.70. The second-order valence-corrected chi connectivity index (χ2v) is 4.69. The maximum Gasteiger partial charge on any atom is 0.191 e. The fourth-order valence-corrected chi connectivity index (χ4v) is 2.51. The van der Waals surface area contributed by atoms with Gasteiger partial charge < -0.3 is 10.6 Å². The minimum Gasteiger partial charge on any atom is -0.355 e. The van der Waals surface area contributed by atoms with Crippen LogP contribution in [0.4, 0.5) is 0 Å². The molecule has 19 heavy (non-hydrogen) atoms. The Morgan fingerprint density at radius 2 is 2.00 bits per heavy atom. The van der Waals surface area contributed by atoms with E-state index in [0.29, 0.717) is 6.04 Å². The van der Waals surface area contributed by atoms with Crippen molar-refractivity contribution in [1.82, 2.24) is 15.5 Å². The third-order valence-corrected chi connectivity index (χ3v) is 3.57. The molecule has 4 nitrogen and oxygen atoms in total. The molecule has 0 spiro atoms. The van der Waals surface area contributed by atoms with Crippen LogP contribution in [0.25, 0.3) is 0 Å². The van der Waals surface area contributed by atoms with Crippen LogP contribution in [-0.4, -0.2) is 43.6 Å². The van der Waals surface area contributed by atoms with Crippen LogP contribution in [0.3, 0.4) is 0 Å². The first kappa shape index (κ1) is 13.9. The van der Waals surface area contributed by atoms with Gasteiger partial charge in [-0.3, -0.25) is 9.89 Å². The van der Waals surface area contributed by atoms with E-state index in [-0.39, 0.29) is 0 Å². The van der Waals surface area contributed by atoms with E-state index < -0.39 is 0 Å². The van der Waals surface area contributed by atoms with E-state index in [0.717, 1.165) is 38.7 Å². The molecule has 1 heterocycles. The van der Waals surface area contributed by atoms with Crippen LogP contribution in [0.1, 0.15) is 25.5 Å². The normalized spacial score (nSPS) is 16.1. The van der Waals surface area contributed by atoms with Crippen LogP contribution >= 0.6 is 0 Å². The fraction of sp³-hybridized carbons (Fsp3) is 0.533. The van der Waals surface area contributed by atoms with E-state index in [1.807, 2.05) is 0 Å². The van der Waals surface area contributed by atoms with Gasteiger partial charge in [0.2, 0.25) is 0 Å². The minimum absolute atomic E-state index is 0.390. The Balaban J connectivity index is 2.05. The van der Waals surface area contributed by atoms with Gasteiger partial charge in [0.05, 0.1) is 12.6 Å². The van der Waals surface area contributed by atoms with Gasteiger partial charge in [-0.25, -0.2) is 0 Å². The van der Waals surface area contributed by atoms with Crippen LogP contribution in [0.5, 0.6) is 0 Å². The topological polar surface area (TPSA) is 39.7 Å². The lowest BCUT2D eigenvalue weighted by Gasteiger charge is -2.30. The van der Waals surface area contributed by atoms with Crippen molar-refractivity contribution in [3.8, 4) is 0 Å². The molecule has 0 bridgehead atoms. The number of nitrogens with zero attached hydrogens (tertiary/aromatic N) is 2. The zero-order chi connectivity index (χ0) is 13.5. The van der Waals surface area contributed by atoms with E-state index >= 15 is 0 Å². The molecule has 0 saturated heterocycles. The van der Waals surface area contributed by atoms with Crippen molar-refractivity contribution in [2.45, 2.75) is 19.9 Å². The zero-order valence-electron chi connectivity index (χ0n) is 11.9. The Labute approximate surface area is 115 Å².